The van der Waals surface area contributed by atoms with Gasteiger partial charge in [0.2, 0.25) is 0 Å². The quantitative estimate of drug-likeness (QED) is 0.848. The zero-order valence-electron chi connectivity index (χ0n) is 13.4. The largest absolute Gasteiger partial charge is 0.493 e. The first-order valence-corrected chi connectivity index (χ1v) is 7.63. The molecule has 0 radical (unpaired) electrons. The third kappa shape index (κ3) is 3.64. The summed E-state index contributed by atoms with van der Waals surface area (Å²) in [6.45, 7) is 7.17. The standard InChI is InChI=1S/C19H25NO/c1-5-12-21-18-9-7-6-8-16(18)19(20-4)17-13-14(2)10-11-15(17)3/h6-11,13,19-20H,5,12H2,1-4H3. The maximum absolute atomic E-state index is 5.92. The molecule has 1 atom stereocenters. The van der Waals surface area contributed by atoms with Crippen LogP contribution in [-0.2, 0) is 0 Å². The highest BCUT2D eigenvalue weighted by molar-refractivity contribution is 5.45. The van der Waals surface area contributed by atoms with Crippen molar-refractivity contribution in [2.75, 3.05) is 13.7 Å². The zero-order chi connectivity index (χ0) is 15.2. The second kappa shape index (κ2) is 7.28. The fourth-order valence-corrected chi connectivity index (χ4v) is 2.61. The number of hydrogen-bond donors (Lipinski definition) is 1. The molecule has 0 fully saturated rings. The second-order valence-electron chi connectivity index (χ2n) is 5.47. The molecule has 112 valence electrons. The Balaban J connectivity index is 2.44. The van der Waals surface area contributed by atoms with Crippen LogP contribution in [0.3, 0.4) is 0 Å². The average Bonchev–Trinajstić information content (AvgIpc) is 2.50. The number of para-hydroxylation sites is 1. The molecule has 0 aliphatic rings. The van der Waals surface area contributed by atoms with Crippen molar-refractivity contribution in [2.24, 2.45) is 0 Å². The molecule has 21 heavy (non-hydrogen) atoms. The minimum atomic E-state index is 0.151. The van der Waals surface area contributed by atoms with Crippen molar-refractivity contribution < 1.29 is 4.74 Å². The summed E-state index contributed by atoms with van der Waals surface area (Å²) in [6.07, 6.45) is 1.02. The van der Waals surface area contributed by atoms with Gasteiger partial charge >= 0.3 is 0 Å². The molecule has 0 aliphatic carbocycles. The van der Waals surface area contributed by atoms with Crippen LogP contribution >= 0.6 is 0 Å². The molecule has 0 saturated carbocycles. The predicted octanol–water partition coefficient (Wildman–Crippen LogP) is 4.40. The Morgan fingerprint density at radius 2 is 1.81 bits per heavy atom. The van der Waals surface area contributed by atoms with Gasteiger partial charge in [-0.05, 0) is 44.5 Å². The molecule has 0 amide bonds. The topological polar surface area (TPSA) is 21.3 Å². The third-order valence-electron chi connectivity index (χ3n) is 3.73. The molecular formula is C19H25NO. The number of hydrogen-bond acceptors (Lipinski definition) is 2. The molecule has 2 heteroatoms. The van der Waals surface area contributed by atoms with Crippen LogP contribution in [0.15, 0.2) is 42.5 Å². The molecule has 1 N–H and O–H groups in total. The Kier molecular flexibility index (Phi) is 5.40. The van der Waals surface area contributed by atoms with Crippen LogP contribution in [0.5, 0.6) is 5.75 Å². The molecule has 2 rings (SSSR count). The van der Waals surface area contributed by atoms with Gasteiger partial charge in [0.25, 0.3) is 0 Å². The van der Waals surface area contributed by atoms with Crippen molar-refractivity contribution >= 4 is 0 Å². The van der Waals surface area contributed by atoms with Crippen LogP contribution in [0.1, 0.15) is 41.6 Å². The minimum absolute atomic E-state index is 0.151. The zero-order valence-corrected chi connectivity index (χ0v) is 13.4. The smallest absolute Gasteiger partial charge is 0.124 e. The van der Waals surface area contributed by atoms with Crippen molar-refractivity contribution in [1.29, 1.82) is 0 Å². The van der Waals surface area contributed by atoms with E-state index in [0.717, 1.165) is 18.8 Å². The lowest BCUT2D eigenvalue weighted by Crippen LogP contribution is -2.20. The van der Waals surface area contributed by atoms with Crippen molar-refractivity contribution in [1.82, 2.24) is 5.32 Å². The molecule has 0 aromatic heterocycles. The van der Waals surface area contributed by atoms with E-state index in [9.17, 15) is 0 Å². The SMILES string of the molecule is CCCOc1ccccc1C(NC)c1cc(C)ccc1C. The monoisotopic (exact) mass is 283 g/mol. The summed E-state index contributed by atoms with van der Waals surface area (Å²) in [4.78, 5) is 0. The van der Waals surface area contributed by atoms with E-state index < -0.39 is 0 Å². The number of nitrogens with one attached hydrogen (secondary N) is 1. The normalized spacial score (nSPS) is 12.2. The Bertz CT molecular complexity index is 592. The maximum Gasteiger partial charge on any atom is 0.124 e. The summed E-state index contributed by atoms with van der Waals surface area (Å²) >= 11 is 0. The molecule has 0 heterocycles. The fraction of sp³-hybridized carbons (Fsp3) is 0.368. The summed E-state index contributed by atoms with van der Waals surface area (Å²) in [5.74, 6) is 0.972. The molecular weight excluding hydrogens is 258 g/mol. The summed E-state index contributed by atoms with van der Waals surface area (Å²) < 4.78 is 5.92. The number of rotatable bonds is 6. The van der Waals surface area contributed by atoms with Crippen LogP contribution in [0.2, 0.25) is 0 Å². The van der Waals surface area contributed by atoms with Gasteiger partial charge in [0, 0.05) is 5.56 Å². The first-order valence-electron chi connectivity index (χ1n) is 7.63. The molecule has 0 spiro atoms. The molecule has 0 bridgehead atoms. The number of benzene rings is 2. The van der Waals surface area contributed by atoms with Crippen molar-refractivity contribution in [3.8, 4) is 5.75 Å². The van der Waals surface area contributed by atoms with E-state index in [1.807, 2.05) is 13.1 Å². The highest BCUT2D eigenvalue weighted by atomic mass is 16.5. The van der Waals surface area contributed by atoms with E-state index in [4.69, 9.17) is 4.74 Å². The van der Waals surface area contributed by atoms with E-state index in [2.05, 4.69) is 62.5 Å². The molecule has 1 unspecified atom stereocenters. The van der Waals surface area contributed by atoms with Crippen LogP contribution < -0.4 is 10.1 Å². The van der Waals surface area contributed by atoms with Gasteiger partial charge in [0.15, 0.2) is 0 Å². The Labute approximate surface area is 128 Å². The van der Waals surface area contributed by atoms with Crippen molar-refractivity contribution in [3.63, 3.8) is 0 Å². The average molecular weight is 283 g/mol. The van der Waals surface area contributed by atoms with E-state index in [0.29, 0.717) is 0 Å². The second-order valence-corrected chi connectivity index (χ2v) is 5.47. The van der Waals surface area contributed by atoms with Gasteiger partial charge in [-0.2, -0.15) is 0 Å². The summed E-state index contributed by atoms with van der Waals surface area (Å²) in [5, 5.41) is 3.44. The first-order chi connectivity index (χ1) is 10.2. The predicted molar refractivity (Wildman–Crippen MR) is 89.0 cm³/mol. The van der Waals surface area contributed by atoms with E-state index in [1.165, 1.54) is 22.3 Å². The van der Waals surface area contributed by atoms with Gasteiger partial charge in [0.05, 0.1) is 12.6 Å². The molecule has 2 aromatic rings. The summed E-state index contributed by atoms with van der Waals surface area (Å²) in [6, 6.07) is 15.1. The Morgan fingerprint density at radius 3 is 2.52 bits per heavy atom. The lowest BCUT2D eigenvalue weighted by atomic mass is 9.93. The van der Waals surface area contributed by atoms with Crippen LogP contribution in [0, 0.1) is 13.8 Å². The van der Waals surface area contributed by atoms with E-state index >= 15 is 0 Å². The van der Waals surface area contributed by atoms with Crippen LogP contribution in [0.25, 0.3) is 0 Å². The van der Waals surface area contributed by atoms with Crippen molar-refractivity contribution in [3.05, 3.63) is 64.7 Å². The highest BCUT2D eigenvalue weighted by Gasteiger charge is 2.18. The van der Waals surface area contributed by atoms with Gasteiger partial charge in [-0.3, -0.25) is 0 Å². The lowest BCUT2D eigenvalue weighted by molar-refractivity contribution is 0.312. The molecule has 0 saturated heterocycles. The molecule has 2 nitrogen and oxygen atoms in total. The maximum atomic E-state index is 5.92. The van der Waals surface area contributed by atoms with Gasteiger partial charge in [-0.25, -0.2) is 0 Å². The van der Waals surface area contributed by atoms with Gasteiger partial charge in [-0.15, -0.1) is 0 Å². The fourth-order valence-electron chi connectivity index (χ4n) is 2.61. The minimum Gasteiger partial charge on any atom is -0.493 e. The van der Waals surface area contributed by atoms with Crippen LogP contribution in [-0.4, -0.2) is 13.7 Å². The Hall–Kier alpha value is -1.80. The van der Waals surface area contributed by atoms with Gasteiger partial charge in [-0.1, -0.05) is 48.9 Å². The molecule has 2 aromatic carbocycles. The third-order valence-corrected chi connectivity index (χ3v) is 3.73. The molecule has 0 aliphatic heterocycles. The van der Waals surface area contributed by atoms with Crippen molar-refractivity contribution in [2.45, 2.75) is 33.2 Å². The van der Waals surface area contributed by atoms with Gasteiger partial charge in [0.1, 0.15) is 5.75 Å². The first kappa shape index (κ1) is 15.6. The lowest BCUT2D eigenvalue weighted by Gasteiger charge is -2.22. The van der Waals surface area contributed by atoms with E-state index in [-0.39, 0.29) is 6.04 Å². The van der Waals surface area contributed by atoms with E-state index in [1.54, 1.807) is 0 Å². The highest BCUT2D eigenvalue weighted by Crippen LogP contribution is 2.32. The summed E-state index contributed by atoms with van der Waals surface area (Å²) in [7, 11) is 2.00. The van der Waals surface area contributed by atoms with Gasteiger partial charge < -0.3 is 10.1 Å². The number of aryl methyl sites for hydroxylation is 2. The summed E-state index contributed by atoms with van der Waals surface area (Å²) in [5.41, 5.74) is 5.08. The van der Waals surface area contributed by atoms with Crippen LogP contribution in [0.4, 0.5) is 0 Å². The Morgan fingerprint density at radius 1 is 1.05 bits per heavy atom. The number of ether oxygens (including phenoxy) is 1.